The Balaban J connectivity index is 1.24. The highest BCUT2D eigenvalue weighted by molar-refractivity contribution is 5.91. The molecule has 0 unspecified atom stereocenters. The molecule has 0 bridgehead atoms. The lowest BCUT2D eigenvalue weighted by molar-refractivity contribution is -0.116. The number of carbonyl (C=O) groups excluding carboxylic acids is 1. The monoisotopic (exact) mass is 381 g/mol. The number of hydrogen-bond donors (Lipinski definition) is 1. The molecular weight excluding hydrogens is 354 g/mol. The zero-order valence-corrected chi connectivity index (χ0v) is 16.5. The maximum Gasteiger partial charge on any atom is 0.231 e. The summed E-state index contributed by atoms with van der Waals surface area (Å²) in [4.78, 5) is 17.1. The Morgan fingerprint density at radius 2 is 1.82 bits per heavy atom. The van der Waals surface area contributed by atoms with Crippen molar-refractivity contribution in [2.75, 3.05) is 49.7 Å². The van der Waals surface area contributed by atoms with E-state index in [1.165, 1.54) is 16.8 Å². The second-order valence-corrected chi connectivity index (χ2v) is 7.41. The van der Waals surface area contributed by atoms with Gasteiger partial charge in [-0.05, 0) is 43.2 Å². The number of carbonyl (C=O) groups is 1. The summed E-state index contributed by atoms with van der Waals surface area (Å²) in [5.74, 6) is 1.43. The van der Waals surface area contributed by atoms with Crippen LogP contribution in [0.5, 0.6) is 11.5 Å². The van der Waals surface area contributed by atoms with Gasteiger partial charge in [0.1, 0.15) is 0 Å². The fourth-order valence-electron chi connectivity index (χ4n) is 3.75. The van der Waals surface area contributed by atoms with E-state index >= 15 is 0 Å². The molecule has 1 saturated heterocycles. The summed E-state index contributed by atoms with van der Waals surface area (Å²) in [6, 6.07) is 12.0. The van der Waals surface area contributed by atoms with Crippen LogP contribution in [0.4, 0.5) is 11.4 Å². The molecule has 0 atom stereocenters. The van der Waals surface area contributed by atoms with Crippen molar-refractivity contribution in [2.45, 2.75) is 20.3 Å². The van der Waals surface area contributed by atoms with E-state index in [1.807, 2.05) is 18.2 Å². The molecule has 2 heterocycles. The van der Waals surface area contributed by atoms with Crippen LogP contribution in [0.25, 0.3) is 0 Å². The Kier molecular flexibility index (Phi) is 5.39. The molecule has 4 rings (SSSR count). The first kappa shape index (κ1) is 18.6. The van der Waals surface area contributed by atoms with E-state index in [1.54, 1.807) is 0 Å². The standard InChI is InChI=1S/C22H27N3O3/c1-16-4-3-5-19(17(16)2)25-12-10-24(11-13-25)9-8-22(26)23-18-6-7-20-21(14-18)28-15-27-20/h3-7,14H,8-13,15H2,1-2H3,(H,23,26). The molecule has 1 fully saturated rings. The van der Waals surface area contributed by atoms with E-state index in [0.717, 1.165) is 44.2 Å². The largest absolute Gasteiger partial charge is 0.454 e. The van der Waals surface area contributed by atoms with E-state index in [9.17, 15) is 4.79 Å². The van der Waals surface area contributed by atoms with Gasteiger partial charge in [-0.2, -0.15) is 0 Å². The Morgan fingerprint density at radius 3 is 2.64 bits per heavy atom. The van der Waals surface area contributed by atoms with Crippen LogP contribution in [0, 0.1) is 13.8 Å². The quantitative estimate of drug-likeness (QED) is 0.862. The lowest BCUT2D eigenvalue weighted by atomic mass is 10.1. The van der Waals surface area contributed by atoms with Crippen molar-refractivity contribution >= 4 is 17.3 Å². The fourth-order valence-corrected chi connectivity index (χ4v) is 3.75. The molecule has 0 spiro atoms. The number of anilines is 2. The van der Waals surface area contributed by atoms with Crippen molar-refractivity contribution < 1.29 is 14.3 Å². The Bertz CT molecular complexity index is 860. The van der Waals surface area contributed by atoms with Gasteiger partial charge in [-0.3, -0.25) is 9.69 Å². The maximum atomic E-state index is 12.3. The third kappa shape index (κ3) is 4.07. The topological polar surface area (TPSA) is 54.0 Å². The molecule has 2 aromatic rings. The predicted octanol–water partition coefficient (Wildman–Crippen LogP) is 3.18. The number of ether oxygens (including phenoxy) is 2. The van der Waals surface area contributed by atoms with Crippen LogP contribution in [0.1, 0.15) is 17.5 Å². The summed E-state index contributed by atoms with van der Waals surface area (Å²) in [6.07, 6.45) is 0.484. The summed E-state index contributed by atoms with van der Waals surface area (Å²) in [5, 5.41) is 2.95. The molecule has 148 valence electrons. The van der Waals surface area contributed by atoms with Gasteiger partial charge in [0, 0.05) is 56.6 Å². The van der Waals surface area contributed by atoms with Crippen LogP contribution in [0.3, 0.4) is 0 Å². The van der Waals surface area contributed by atoms with E-state index in [0.29, 0.717) is 12.2 Å². The lowest BCUT2D eigenvalue weighted by Crippen LogP contribution is -2.47. The van der Waals surface area contributed by atoms with Gasteiger partial charge in [0.15, 0.2) is 11.5 Å². The van der Waals surface area contributed by atoms with Crippen LogP contribution < -0.4 is 19.7 Å². The Labute approximate surface area is 166 Å². The van der Waals surface area contributed by atoms with Crippen molar-refractivity contribution in [2.24, 2.45) is 0 Å². The molecule has 0 aromatic heterocycles. The Hall–Kier alpha value is -2.73. The lowest BCUT2D eigenvalue weighted by Gasteiger charge is -2.37. The summed E-state index contributed by atoms with van der Waals surface area (Å²) in [7, 11) is 0. The molecule has 6 heteroatoms. The van der Waals surface area contributed by atoms with Crippen LogP contribution in [0.15, 0.2) is 36.4 Å². The summed E-state index contributed by atoms with van der Waals surface area (Å²) >= 11 is 0. The molecule has 2 aromatic carbocycles. The van der Waals surface area contributed by atoms with Gasteiger partial charge < -0.3 is 19.7 Å². The number of aryl methyl sites for hydroxylation is 1. The number of nitrogens with one attached hydrogen (secondary N) is 1. The van der Waals surface area contributed by atoms with Gasteiger partial charge >= 0.3 is 0 Å². The minimum Gasteiger partial charge on any atom is -0.454 e. The smallest absolute Gasteiger partial charge is 0.231 e. The van der Waals surface area contributed by atoms with Gasteiger partial charge in [-0.1, -0.05) is 12.1 Å². The van der Waals surface area contributed by atoms with Crippen LogP contribution >= 0.6 is 0 Å². The number of amides is 1. The zero-order valence-electron chi connectivity index (χ0n) is 16.5. The van der Waals surface area contributed by atoms with Crippen molar-refractivity contribution in [1.82, 2.24) is 4.90 Å². The first-order valence-corrected chi connectivity index (χ1v) is 9.83. The van der Waals surface area contributed by atoms with E-state index in [-0.39, 0.29) is 12.7 Å². The number of hydrogen-bond acceptors (Lipinski definition) is 5. The molecule has 0 radical (unpaired) electrons. The Morgan fingerprint density at radius 1 is 1.04 bits per heavy atom. The molecule has 28 heavy (non-hydrogen) atoms. The zero-order chi connectivity index (χ0) is 19.5. The van der Waals surface area contributed by atoms with Gasteiger partial charge in [0.2, 0.25) is 12.7 Å². The molecule has 0 aliphatic carbocycles. The van der Waals surface area contributed by atoms with Crippen LogP contribution in [-0.4, -0.2) is 50.3 Å². The second-order valence-electron chi connectivity index (χ2n) is 7.41. The molecular formula is C22H27N3O3. The first-order valence-electron chi connectivity index (χ1n) is 9.83. The average Bonchev–Trinajstić information content (AvgIpc) is 3.17. The molecule has 2 aliphatic rings. The number of fused-ring (bicyclic) bond motifs is 1. The summed E-state index contributed by atoms with van der Waals surface area (Å²) < 4.78 is 10.6. The van der Waals surface area contributed by atoms with E-state index in [4.69, 9.17) is 9.47 Å². The fraction of sp³-hybridized carbons (Fsp3) is 0.409. The van der Waals surface area contributed by atoms with Gasteiger partial charge in [0.05, 0.1) is 0 Å². The number of rotatable bonds is 5. The minimum absolute atomic E-state index is 0.0239. The average molecular weight is 381 g/mol. The highest BCUT2D eigenvalue weighted by Gasteiger charge is 2.19. The van der Waals surface area contributed by atoms with Gasteiger partial charge in [-0.15, -0.1) is 0 Å². The molecule has 1 N–H and O–H groups in total. The molecule has 1 amide bonds. The van der Waals surface area contributed by atoms with E-state index < -0.39 is 0 Å². The van der Waals surface area contributed by atoms with Crippen molar-refractivity contribution in [3.63, 3.8) is 0 Å². The van der Waals surface area contributed by atoms with Gasteiger partial charge in [-0.25, -0.2) is 0 Å². The maximum absolute atomic E-state index is 12.3. The highest BCUT2D eigenvalue weighted by atomic mass is 16.7. The molecule has 6 nitrogen and oxygen atoms in total. The minimum atomic E-state index is 0.0239. The van der Waals surface area contributed by atoms with Crippen molar-refractivity contribution in [3.05, 3.63) is 47.5 Å². The second kappa shape index (κ2) is 8.10. The molecule has 2 aliphatic heterocycles. The van der Waals surface area contributed by atoms with E-state index in [2.05, 4.69) is 47.2 Å². The first-order chi connectivity index (χ1) is 13.6. The number of benzene rings is 2. The highest BCUT2D eigenvalue weighted by Crippen LogP contribution is 2.34. The SMILES string of the molecule is Cc1cccc(N2CCN(CCC(=O)Nc3ccc4c(c3)OCO4)CC2)c1C. The predicted molar refractivity (Wildman–Crippen MR) is 110 cm³/mol. The summed E-state index contributed by atoms with van der Waals surface area (Å²) in [5.41, 5.74) is 4.77. The molecule has 0 saturated carbocycles. The van der Waals surface area contributed by atoms with Crippen molar-refractivity contribution in [1.29, 1.82) is 0 Å². The van der Waals surface area contributed by atoms with Crippen molar-refractivity contribution in [3.8, 4) is 11.5 Å². The normalized spacial score (nSPS) is 16.3. The number of nitrogens with zero attached hydrogens (tertiary/aromatic N) is 2. The summed E-state index contributed by atoms with van der Waals surface area (Å²) in [6.45, 7) is 9.31. The number of piperazine rings is 1. The van der Waals surface area contributed by atoms with Crippen LogP contribution in [-0.2, 0) is 4.79 Å². The van der Waals surface area contributed by atoms with Gasteiger partial charge in [0.25, 0.3) is 0 Å². The third-order valence-electron chi connectivity index (χ3n) is 5.60. The third-order valence-corrected chi connectivity index (χ3v) is 5.60. The van der Waals surface area contributed by atoms with Crippen LogP contribution in [0.2, 0.25) is 0 Å².